The van der Waals surface area contributed by atoms with Gasteiger partial charge < -0.3 is 15.2 Å². The highest BCUT2D eigenvalue weighted by Crippen LogP contribution is 2.20. The van der Waals surface area contributed by atoms with E-state index in [1.54, 1.807) is 6.07 Å². The van der Waals surface area contributed by atoms with Crippen LogP contribution in [0.3, 0.4) is 0 Å². The van der Waals surface area contributed by atoms with Crippen LogP contribution in [0.2, 0.25) is 0 Å². The number of rotatable bonds is 3. The van der Waals surface area contributed by atoms with Gasteiger partial charge in [-0.2, -0.15) is 0 Å². The van der Waals surface area contributed by atoms with Crippen LogP contribution in [-0.2, 0) is 4.79 Å². The lowest BCUT2D eigenvalue weighted by Gasteiger charge is -2.10. The zero-order valence-corrected chi connectivity index (χ0v) is 9.90. The van der Waals surface area contributed by atoms with E-state index in [2.05, 4.69) is 5.32 Å². The number of thioether (sulfide) groups is 1. The van der Waals surface area contributed by atoms with Crippen molar-refractivity contribution in [3.63, 3.8) is 0 Å². The van der Waals surface area contributed by atoms with Crippen LogP contribution in [0.1, 0.15) is 10.4 Å². The molecule has 1 unspecified atom stereocenters. The molecular formula is C11H9NO5S. The lowest BCUT2D eigenvalue weighted by atomic mass is 10.2. The fourth-order valence-electron chi connectivity index (χ4n) is 1.42. The maximum Gasteiger partial charge on any atom is 0.339 e. The molecule has 1 aromatic carbocycles. The second-order valence-electron chi connectivity index (χ2n) is 3.52. The van der Waals surface area contributed by atoms with E-state index in [1.807, 2.05) is 0 Å². The van der Waals surface area contributed by atoms with Gasteiger partial charge in [-0.15, -0.1) is 0 Å². The number of para-hydroxylation sites is 1. The van der Waals surface area contributed by atoms with Crippen molar-refractivity contribution in [2.75, 3.05) is 5.75 Å². The Labute approximate surface area is 106 Å². The largest absolute Gasteiger partial charge is 0.478 e. The van der Waals surface area contributed by atoms with Gasteiger partial charge in [0.2, 0.25) is 0 Å². The first-order valence-corrected chi connectivity index (χ1v) is 6.04. The SMILES string of the molecule is O=C1NC(C(=O)Oc2ccccc2C(=O)O)CS1. The van der Waals surface area contributed by atoms with Crippen LogP contribution < -0.4 is 10.1 Å². The van der Waals surface area contributed by atoms with Gasteiger partial charge in [0.1, 0.15) is 17.4 Å². The molecule has 7 heteroatoms. The van der Waals surface area contributed by atoms with Gasteiger partial charge in [0, 0.05) is 5.75 Å². The first-order chi connectivity index (χ1) is 8.58. The second-order valence-corrected chi connectivity index (χ2v) is 4.51. The number of hydrogen-bond donors (Lipinski definition) is 2. The Morgan fingerprint density at radius 2 is 2.11 bits per heavy atom. The number of amides is 1. The zero-order valence-electron chi connectivity index (χ0n) is 9.08. The Hall–Kier alpha value is -2.02. The van der Waals surface area contributed by atoms with Crippen LogP contribution in [0.4, 0.5) is 4.79 Å². The summed E-state index contributed by atoms with van der Waals surface area (Å²) in [6.07, 6.45) is 0. The highest BCUT2D eigenvalue weighted by Gasteiger charge is 2.30. The Kier molecular flexibility index (Phi) is 3.52. The Balaban J connectivity index is 2.12. The number of carbonyl (C=O) groups excluding carboxylic acids is 2. The number of ether oxygens (including phenoxy) is 1. The fourth-order valence-corrected chi connectivity index (χ4v) is 2.19. The van der Waals surface area contributed by atoms with Gasteiger partial charge >= 0.3 is 11.9 Å². The molecule has 1 aromatic rings. The highest BCUT2D eigenvalue weighted by atomic mass is 32.2. The third-order valence-electron chi connectivity index (χ3n) is 2.29. The standard InChI is InChI=1S/C11H9NO5S/c13-9(14)6-3-1-2-4-8(6)17-10(15)7-5-18-11(16)12-7/h1-4,7H,5H2,(H,12,16)(H,13,14). The molecule has 2 rings (SSSR count). The molecule has 2 N–H and O–H groups in total. The van der Waals surface area contributed by atoms with Crippen LogP contribution >= 0.6 is 11.8 Å². The van der Waals surface area contributed by atoms with Crippen LogP contribution in [0.5, 0.6) is 5.75 Å². The van der Waals surface area contributed by atoms with Gasteiger partial charge in [0.25, 0.3) is 5.24 Å². The van der Waals surface area contributed by atoms with Crippen molar-refractivity contribution in [3.8, 4) is 5.75 Å². The number of carboxylic acid groups (broad SMARTS) is 1. The molecule has 1 fully saturated rings. The number of hydrogen-bond acceptors (Lipinski definition) is 5. The van der Waals surface area contributed by atoms with Crippen LogP contribution in [0.25, 0.3) is 0 Å². The predicted octanol–water partition coefficient (Wildman–Crippen LogP) is 1.12. The highest BCUT2D eigenvalue weighted by molar-refractivity contribution is 8.14. The second kappa shape index (κ2) is 5.09. The van der Waals surface area contributed by atoms with Crippen LogP contribution in [0.15, 0.2) is 24.3 Å². The molecule has 1 aliphatic heterocycles. The minimum atomic E-state index is -1.18. The maximum atomic E-state index is 11.7. The van der Waals surface area contributed by atoms with E-state index in [0.717, 1.165) is 11.8 Å². The fraction of sp³-hybridized carbons (Fsp3) is 0.182. The van der Waals surface area contributed by atoms with Gasteiger partial charge in [-0.3, -0.25) is 4.79 Å². The first kappa shape index (κ1) is 12.4. The number of aromatic carboxylic acids is 1. The zero-order chi connectivity index (χ0) is 13.1. The first-order valence-electron chi connectivity index (χ1n) is 5.05. The third kappa shape index (κ3) is 2.62. The Morgan fingerprint density at radius 1 is 1.39 bits per heavy atom. The van der Waals surface area contributed by atoms with Crippen molar-refractivity contribution >= 4 is 28.9 Å². The minimum absolute atomic E-state index is 0.0267. The number of nitrogens with one attached hydrogen (secondary N) is 1. The monoisotopic (exact) mass is 267 g/mol. The van der Waals surface area contributed by atoms with Crippen molar-refractivity contribution < 1.29 is 24.2 Å². The summed E-state index contributed by atoms with van der Waals surface area (Å²) in [7, 11) is 0. The molecule has 0 spiro atoms. The lowest BCUT2D eigenvalue weighted by molar-refractivity contribution is -0.135. The minimum Gasteiger partial charge on any atom is -0.478 e. The lowest BCUT2D eigenvalue weighted by Crippen LogP contribution is -2.37. The van der Waals surface area contributed by atoms with E-state index in [-0.39, 0.29) is 22.3 Å². The van der Waals surface area contributed by atoms with Gasteiger partial charge in [-0.25, -0.2) is 9.59 Å². The number of benzene rings is 1. The quantitative estimate of drug-likeness (QED) is 0.629. The molecule has 0 aliphatic carbocycles. The molecule has 1 aliphatic rings. The topological polar surface area (TPSA) is 92.7 Å². The van der Waals surface area contributed by atoms with Gasteiger partial charge in [-0.05, 0) is 12.1 Å². The van der Waals surface area contributed by atoms with Gasteiger partial charge in [0.15, 0.2) is 0 Å². The van der Waals surface area contributed by atoms with E-state index >= 15 is 0 Å². The Bertz CT molecular complexity index is 516. The van der Waals surface area contributed by atoms with E-state index in [9.17, 15) is 14.4 Å². The summed E-state index contributed by atoms with van der Waals surface area (Å²) < 4.78 is 4.99. The molecule has 1 heterocycles. The van der Waals surface area contributed by atoms with E-state index < -0.39 is 18.0 Å². The van der Waals surface area contributed by atoms with Crippen LogP contribution in [0, 0.1) is 0 Å². The summed E-state index contributed by atoms with van der Waals surface area (Å²) in [5.41, 5.74) is -0.0946. The molecule has 6 nitrogen and oxygen atoms in total. The van der Waals surface area contributed by atoms with E-state index in [4.69, 9.17) is 9.84 Å². The summed E-state index contributed by atoms with van der Waals surface area (Å²) in [5.74, 6) is -1.58. The van der Waals surface area contributed by atoms with E-state index in [1.165, 1.54) is 18.2 Å². The van der Waals surface area contributed by atoms with Crippen molar-refractivity contribution in [2.24, 2.45) is 0 Å². The summed E-state index contributed by atoms with van der Waals surface area (Å²) >= 11 is 0.988. The van der Waals surface area contributed by atoms with Crippen molar-refractivity contribution in [1.82, 2.24) is 5.32 Å². The summed E-state index contributed by atoms with van der Waals surface area (Å²) in [5, 5.41) is 11.1. The number of carbonyl (C=O) groups is 3. The molecule has 94 valence electrons. The van der Waals surface area contributed by atoms with Gasteiger partial charge in [-0.1, -0.05) is 23.9 Å². The predicted molar refractivity (Wildman–Crippen MR) is 63.8 cm³/mol. The van der Waals surface area contributed by atoms with Crippen molar-refractivity contribution in [2.45, 2.75) is 6.04 Å². The van der Waals surface area contributed by atoms with Crippen LogP contribution in [-0.4, -0.2) is 34.1 Å². The average Bonchev–Trinajstić information content (AvgIpc) is 2.76. The Morgan fingerprint density at radius 3 is 2.72 bits per heavy atom. The van der Waals surface area contributed by atoms with Gasteiger partial charge in [0.05, 0.1) is 0 Å². The average molecular weight is 267 g/mol. The summed E-state index contributed by atoms with van der Waals surface area (Å²) in [6, 6.07) is 5.10. The molecule has 0 saturated carbocycles. The van der Waals surface area contributed by atoms with E-state index in [0.29, 0.717) is 0 Å². The number of carboxylic acids is 1. The van der Waals surface area contributed by atoms with Crippen molar-refractivity contribution in [1.29, 1.82) is 0 Å². The van der Waals surface area contributed by atoms with Crippen molar-refractivity contribution in [3.05, 3.63) is 29.8 Å². The molecule has 18 heavy (non-hydrogen) atoms. The molecule has 1 amide bonds. The molecule has 1 saturated heterocycles. The molecule has 0 radical (unpaired) electrons. The smallest absolute Gasteiger partial charge is 0.339 e. The summed E-state index contributed by atoms with van der Waals surface area (Å²) in [6.45, 7) is 0. The molecule has 1 atom stereocenters. The normalized spacial score (nSPS) is 18.2. The molecule has 0 aromatic heterocycles. The maximum absolute atomic E-state index is 11.7. The number of esters is 1. The molecule has 0 bridgehead atoms. The molecular weight excluding hydrogens is 258 g/mol. The third-order valence-corrected chi connectivity index (χ3v) is 3.17. The summed E-state index contributed by atoms with van der Waals surface area (Å²) in [4.78, 5) is 33.5.